The Labute approximate surface area is 124 Å². The Bertz CT molecular complexity index is 647. The lowest BCUT2D eigenvalue weighted by atomic mass is 10.0. The highest BCUT2D eigenvalue weighted by Gasteiger charge is 2.13. The molecule has 2 N–H and O–H groups in total. The summed E-state index contributed by atoms with van der Waals surface area (Å²) in [5, 5.41) is 4.54. The molecule has 0 fully saturated rings. The van der Waals surface area contributed by atoms with Gasteiger partial charge in [-0.15, -0.1) is 0 Å². The molecule has 0 aliphatic carbocycles. The molecule has 112 valence electrons. The summed E-state index contributed by atoms with van der Waals surface area (Å²) in [4.78, 5) is 11.5. The SMILES string of the molecule is COC(=O)Cc1ccccc1Cn1nc(C)c(CN)c1C. The number of aromatic nitrogens is 2. The van der Waals surface area contributed by atoms with E-state index in [4.69, 9.17) is 10.5 Å². The van der Waals surface area contributed by atoms with E-state index in [-0.39, 0.29) is 12.4 Å². The van der Waals surface area contributed by atoms with E-state index < -0.39 is 0 Å². The van der Waals surface area contributed by atoms with Crippen LogP contribution in [0.3, 0.4) is 0 Å². The Morgan fingerprint density at radius 1 is 1.29 bits per heavy atom. The van der Waals surface area contributed by atoms with E-state index >= 15 is 0 Å². The van der Waals surface area contributed by atoms with E-state index in [0.717, 1.165) is 28.1 Å². The summed E-state index contributed by atoms with van der Waals surface area (Å²) in [6.07, 6.45) is 0.274. The van der Waals surface area contributed by atoms with Crippen LogP contribution in [0.25, 0.3) is 0 Å². The van der Waals surface area contributed by atoms with Gasteiger partial charge in [-0.3, -0.25) is 9.48 Å². The maximum Gasteiger partial charge on any atom is 0.309 e. The lowest BCUT2D eigenvalue weighted by Gasteiger charge is -2.10. The monoisotopic (exact) mass is 287 g/mol. The predicted octanol–water partition coefficient (Wildman–Crippen LogP) is 1.72. The van der Waals surface area contributed by atoms with Crippen molar-refractivity contribution < 1.29 is 9.53 Å². The molecule has 1 aromatic carbocycles. The number of ether oxygens (including phenoxy) is 1. The molecule has 1 heterocycles. The van der Waals surface area contributed by atoms with Crippen molar-refractivity contribution in [3.05, 3.63) is 52.3 Å². The van der Waals surface area contributed by atoms with Crippen LogP contribution in [0.4, 0.5) is 0 Å². The van der Waals surface area contributed by atoms with Gasteiger partial charge in [0.25, 0.3) is 0 Å². The van der Waals surface area contributed by atoms with Gasteiger partial charge in [-0.05, 0) is 25.0 Å². The second kappa shape index (κ2) is 6.54. The van der Waals surface area contributed by atoms with Gasteiger partial charge in [0.1, 0.15) is 0 Å². The fourth-order valence-electron chi connectivity index (χ4n) is 2.46. The van der Waals surface area contributed by atoms with Gasteiger partial charge in [-0.2, -0.15) is 5.10 Å². The number of esters is 1. The van der Waals surface area contributed by atoms with Gasteiger partial charge in [0.05, 0.1) is 25.8 Å². The summed E-state index contributed by atoms with van der Waals surface area (Å²) in [6, 6.07) is 7.85. The van der Waals surface area contributed by atoms with Crippen LogP contribution in [0.1, 0.15) is 28.1 Å². The average Bonchev–Trinajstić information content (AvgIpc) is 2.74. The summed E-state index contributed by atoms with van der Waals surface area (Å²) in [5.41, 5.74) is 10.9. The number of methoxy groups -OCH3 is 1. The molecule has 5 nitrogen and oxygen atoms in total. The Balaban J connectivity index is 2.30. The van der Waals surface area contributed by atoms with Crippen LogP contribution in [-0.4, -0.2) is 22.9 Å². The first-order valence-corrected chi connectivity index (χ1v) is 6.93. The fourth-order valence-corrected chi connectivity index (χ4v) is 2.46. The number of aryl methyl sites for hydroxylation is 1. The Morgan fingerprint density at radius 3 is 2.52 bits per heavy atom. The molecule has 21 heavy (non-hydrogen) atoms. The normalized spacial score (nSPS) is 10.7. The molecule has 0 aliphatic rings. The average molecular weight is 287 g/mol. The van der Waals surface area contributed by atoms with Gasteiger partial charge >= 0.3 is 5.97 Å². The maximum absolute atomic E-state index is 11.5. The van der Waals surface area contributed by atoms with Gasteiger partial charge in [-0.25, -0.2) is 0 Å². The van der Waals surface area contributed by atoms with Crippen LogP contribution in [-0.2, 0) is 29.0 Å². The highest BCUT2D eigenvalue weighted by molar-refractivity contribution is 5.72. The summed E-state index contributed by atoms with van der Waals surface area (Å²) in [7, 11) is 1.40. The zero-order valence-corrected chi connectivity index (χ0v) is 12.7. The highest BCUT2D eigenvalue weighted by atomic mass is 16.5. The van der Waals surface area contributed by atoms with Crippen molar-refractivity contribution in [2.45, 2.75) is 33.4 Å². The third-order valence-electron chi connectivity index (χ3n) is 3.74. The standard InChI is InChI=1S/C16H21N3O2/c1-11-15(9-17)12(2)19(18-11)10-14-7-5-4-6-13(14)8-16(20)21-3/h4-7H,8-10,17H2,1-3H3. The third-order valence-corrected chi connectivity index (χ3v) is 3.74. The predicted molar refractivity (Wildman–Crippen MR) is 80.9 cm³/mol. The minimum Gasteiger partial charge on any atom is -0.469 e. The van der Waals surface area contributed by atoms with E-state index in [1.165, 1.54) is 7.11 Å². The molecule has 0 radical (unpaired) electrons. The molecule has 2 aromatic rings. The van der Waals surface area contributed by atoms with Gasteiger partial charge in [-0.1, -0.05) is 24.3 Å². The number of benzene rings is 1. The molecule has 0 atom stereocenters. The van der Waals surface area contributed by atoms with Crippen LogP contribution in [0.15, 0.2) is 24.3 Å². The van der Waals surface area contributed by atoms with Gasteiger partial charge in [0.15, 0.2) is 0 Å². The molecule has 0 saturated carbocycles. The van der Waals surface area contributed by atoms with Crippen molar-refractivity contribution in [2.24, 2.45) is 5.73 Å². The number of rotatable bonds is 5. The summed E-state index contributed by atoms with van der Waals surface area (Å²) in [5.74, 6) is -0.238. The molecule has 1 aromatic heterocycles. The first-order chi connectivity index (χ1) is 10.1. The van der Waals surface area contributed by atoms with E-state index in [9.17, 15) is 4.79 Å². The van der Waals surface area contributed by atoms with E-state index in [1.54, 1.807) is 0 Å². The number of nitrogens with zero attached hydrogens (tertiary/aromatic N) is 2. The lowest BCUT2D eigenvalue weighted by molar-refractivity contribution is -0.139. The maximum atomic E-state index is 11.5. The largest absolute Gasteiger partial charge is 0.469 e. The smallest absolute Gasteiger partial charge is 0.309 e. The molecule has 2 rings (SSSR count). The van der Waals surface area contributed by atoms with Crippen LogP contribution in [0.5, 0.6) is 0 Å². The molecule has 0 unspecified atom stereocenters. The molecule has 0 spiro atoms. The molecule has 0 aliphatic heterocycles. The molecule has 5 heteroatoms. The van der Waals surface area contributed by atoms with Crippen LogP contribution < -0.4 is 5.73 Å². The molecule has 0 saturated heterocycles. The molecule has 0 amide bonds. The van der Waals surface area contributed by atoms with Crippen molar-refractivity contribution in [1.82, 2.24) is 9.78 Å². The third kappa shape index (κ3) is 3.31. The fraction of sp³-hybridized carbons (Fsp3) is 0.375. The van der Waals surface area contributed by atoms with Crippen LogP contribution >= 0.6 is 0 Å². The second-order valence-electron chi connectivity index (χ2n) is 5.03. The Morgan fingerprint density at radius 2 is 1.95 bits per heavy atom. The van der Waals surface area contributed by atoms with Crippen molar-refractivity contribution in [1.29, 1.82) is 0 Å². The summed E-state index contributed by atoms with van der Waals surface area (Å²) >= 11 is 0. The topological polar surface area (TPSA) is 70.1 Å². The first-order valence-electron chi connectivity index (χ1n) is 6.93. The lowest BCUT2D eigenvalue weighted by Crippen LogP contribution is -2.11. The number of carbonyl (C=O) groups is 1. The molecular formula is C16H21N3O2. The number of hydrogen-bond donors (Lipinski definition) is 1. The molecule has 0 bridgehead atoms. The van der Waals surface area contributed by atoms with Gasteiger partial charge < -0.3 is 10.5 Å². The van der Waals surface area contributed by atoms with E-state index in [1.807, 2.05) is 42.8 Å². The van der Waals surface area contributed by atoms with E-state index in [2.05, 4.69) is 5.10 Å². The van der Waals surface area contributed by atoms with Crippen LogP contribution in [0.2, 0.25) is 0 Å². The van der Waals surface area contributed by atoms with E-state index in [0.29, 0.717) is 13.1 Å². The van der Waals surface area contributed by atoms with Crippen molar-refractivity contribution in [3.63, 3.8) is 0 Å². The number of nitrogens with two attached hydrogens (primary N) is 1. The zero-order valence-electron chi connectivity index (χ0n) is 12.7. The van der Waals surface area contributed by atoms with Crippen molar-refractivity contribution >= 4 is 5.97 Å². The molecular weight excluding hydrogens is 266 g/mol. The number of hydrogen-bond acceptors (Lipinski definition) is 4. The first kappa shape index (κ1) is 15.3. The summed E-state index contributed by atoms with van der Waals surface area (Å²) in [6.45, 7) is 5.10. The quantitative estimate of drug-likeness (QED) is 0.850. The van der Waals surface area contributed by atoms with Gasteiger partial charge in [0, 0.05) is 17.8 Å². The minimum absolute atomic E-state index is 0.238. The minimum atomic E-state index is -0.238. The van der Waals surface area contributed by atoms with Crippen LogP contribution in [0, 0.1) is 13.8 Å². The Hall–Kier alpha value is -2.14. The Kier molecular flexibility index (Phi) is 4.75. The van der Waals surface area contributed by atoms with Gasteiger partial charge in [0.2, 0.25) is 0 Å². The van der Waals surface area contributed by atoms with Crippen molar-refractivity contribution in [3.8, 4) is 0 Å². The zero-order chi connectivity index (χ0) is 15.4. The highest BCUT2D eigenvalue weighted by Crippen LogP contribution is 2.17. The summed E-state index contributed by atoms with van der Waals surface area (Å²) < 4.78 is 6.68. The second-order valence-corrected chi connectivity index (χ2v) is 5.03. The van der Waals surface area contributed by atoms with Crippen molar-refractivity contribution in [2.75, 3.05) is 7.11 Å². The number of carbonyl (C=O) groups excluding carboxylic acids is 1.